The van der Waals surface area contributed by atoms with E-state index in [-0.39, 0.29) is 51.4 Å². The first-order valence-electron chi connectivity index (χ1n) is 5.58. The summed E-state index contributed by atoms with van der Waals surface area (Å²) >= 11 is 0. The van der Waals surface area contributed by atoms with Crippen LogP contribution in [0.2, 0.25) is 0 Å². The van der Waals surface area contributed by atoms with Crippen molar-refractivity contribution >= 4 is 6.98 Å². The third kappa shape index (κ3) is 15.3. The summed E-state index contributed by atoms with van der Waals surface area (Å²) in [5, 5.41) is 0. The predicted molar refractivity (Wildman–Crippen MR) is 58.5 cm³/mol. The Kier molecular flexibility index (Phi) is 15.1. The number of rotatable bonds is 10. The Morgan fingerprint density at radius 2 is 1.35 bits per heavy atom. The van der Waals surface area contributed by atoms with E-state index in [1.54, 1.807) is 0 Å². The Morgan fingerprint density at radius 3 is 1.65 bits per heavy atom. The van der Waals surface area contributed by atoms with Gasteiger partial charge in [-0.05, 0) is 20.3 Å². The Labute approximate surface area is 144 Å². The van der Waals surface area contributed by atoms with Crippen LogP contribution in [0, 0.1) is 0 Å². The fourth-order valence-electron chi connectivity index (χ4n) is 1.26. The van der Waals surface area contributed by atoms with Crippen molar-refractivity contribution in [2.45, 2.75) is 13.8 Å². The Hall–Kier alpha value is 1.37. The van der Waals surface area contributed by atoms with E-state index < -0.39 is 13.4 Å². The third-order valence-electron chi connectivity index (χ3n) is 1.98. The van der Waals surface area contributed by atoms with Crippen LogP contribution >= 0.6 is 0 Å². The van der Waals surface area contributed by atoms with Gasteiger partial charge in [-0.25, -0.2) is 0 Å². The minimum atomic E-state index is -4.78. The van der Waals surface area contributed by atoms with Crippen LogP contribution in [0.3, 0.4) is 0 Å². The van der Waals surface area contributed by atoms with Crippen molar-refractivity contribution < 1.29 is 73.8 Å². The van der Waals surface area contributed by atoms with Gasteiger partial charge in [0, 0.05) is 26.3 Å². The summed E-state index contributed by atoms with van der Waals surface area (Å²) in [4.78, 5) is 1.32. The molecule has 0 unspecified atom stereocenters. The molecule has 0 aromatic carbocycles. The maximum absolute atomic E-state index is 12.3. The molecule has 98 valence electrons. The average Bonchev–Trinajstić information content (AvgIpc) is 2.16. The molecule has 0 saturated carbocycles. The smallest absolute Gasteiger partial charge is 0.448 e. The molecule has 0 aliphatic carbocycles. The van der Waals surface area contributed by atoms with Gasteiger partial charge in [-0.2, -0.15) is 0 Å². The van der Waals surface area contributed by atoms with Crippen LogP contribution in [0.1, 0.15) is 13.8 Å². The molecule has 0 spiro atoms. The van der Waals surface area contributed by atoms with Gasteiger partial charge in [-0.3, -0.25) is 0 Å². The molecule has 0 saturated heterocycles. The molecule has 17 heavy (non-hydrogen) atoms. The minimum absolute atomic E-state index is 0. The fraction of sp³-hybridized carbons (Fsp3) is 1.00. The minimum Gasteiger partial charge on any atom is -0.448 e. The van der Waals surface area contributed by atoms with Gasteiger partial charge in [0.1, 0.15) is 0 Å². The molecule has 0 bridgehead atoms. The molecule has 0 aromatic heterocycles. The van der Waals surface area contributed by atoms with Crippen LogP contribution in [0.25, 0.3) is 0 Å². The number of hydrogen-bond donors (Lipinski definition) is 0. The molecule has 0 aliphatic heterocycles. The van der Waals surface area contributed by atoms with E-state index in [4.69, 9.17) is 9.47 Å². The molecular weight excluding hydrogens is 261 g/mol. The van der Waals surface area contributed by atoms with Crippen LogP contribution < -0.4 is 51.4 Å². The molecule has 0 amide bonds. The first kappa shape index (κ1) is 20.7. The Morgan fingerprint density at radius 1 is 0.941 bits per heavy atom. The second kappa shape index (κ2) is 12.4. The van der Waals surface area contributed by atoms with Gasteiger partial charge in [-0.1, -0.05) is 0 Å². The number of ether oxygens (including phenoxy) is 2. The summed E-state index contributed by atoms with van der Waals surface area (Å²) in [6.07, 6.45) is -0.847. The van der Waals surface area contributed by atoms with Crippen LogP contribution in [-0.4, -0.2) is 57.8 Å². The van der Waals surface area contributed by atoms with E-state index >= 15 is 0 Å². The zero-order valence-corrected chi connectivity index (χ0v) is 14.0. The van der Waals surface area contributed by atoms with Crippen molar-refractivity contribution in [3.63, 3.8) is 0 Å². The normalized spacial score (nSPS) is 11.6. The SMILES string of the molecule is CCOCCN(CCOCC)C[B-](F)(F)F.[K+]. The molecule has 0 aromatic rings. The standard InChI is InChI=1S/C9H20BF3NO2.K/c1-3-15-7-5-14(6-8-16-4-2)9-10(11,12)13;/h3-9H2,1-2H3;/q-1;+1. The first-order valence-corrected chi connectivity index (χ1v) is 5.58. The van der Waals surface area contributed by atoms with E-state index in [9.17, 15) is 12.9 Å². The molecule has 8 heteroatoms. The summed E-state index contributed by atoms with van der Waals surface area (Å²) in [6.45, 7) is 1.15. The molecule has 0 aliphatic rings. The summed E-state index contributed by atoms with van der Waals surface area (Å²) in [5.74, 6) is 0. The Balaban J connectivity index is 0. The maximum atomic E-state index is 12.3. The van der Waals surface area contributed by atoms with Crippen LogP contribution in [0.15, 0.2) is 0 Å². The van der Waals surface area contributed by atoms with E-state index in [1.165, 1.54) is 4.90 Å². The quantitative estimate of drug-likeness (QED) is 0.369. The van der Waals surface area contributed by atoms with Crippen molar-refractivity contribution in [2.24, 2.45) is 0 Å². The summed E-state index contributed by atoms with van der Waals surface area (Å²) in [5.41, 5.74) is 0. The number of nitrogens with zero attached hydrogens (tertiary/aromatic N) is 1. The molecule has 0 rings (SSSR count). The second-order valence-corrected chi connectivity index (χ2v) is 3.40. The molecule has 0 N–H and O–H groups in total. The van der Waals surface area contributed by atoms with Crippen molar-refractivity contribution in [3.05, 3.63) is 0 Å². The molecular formula is C9H20BF3KNO2. The molecule has 3 nitrogen and oxygen atoms in total. The molecule has 0 heterocycles. The van der Waals surface area contributed by atoms with Gasteiger partial charge in [0.05, 0.1) is 13.2 Å². The van der Waals surface area contributed by atoms with E-state index in [0.717, 1.165) is 0 Å². The second-order valence-electron chi connectivity index (χ2n) is 3.40. The summed E-state index contributed by atoms with van der Waals surface area (Å²) in [6, 6.07) is 0. The molecule has 0 radical (unpaired) electrons. The summed E-state index contributed by atoms with van der Waals surface area (Å²) in [7, 11) is 0. The van der Waals surface area contributed by atoms with Crippen molar-refractivity contribution in [2.75, 3.05) is 46.0 Å². The Bertz CT molecular complexity index is 165. The van der Waals surface area contributed by atoms with Crippen LogP contribution in [0.5, 0.6) is 0 Å². The summed E-state index contributed by atoms with van der Waals surface area (Å²) < 4.78 is 46.9. The number of halogens is 3. The fourth-order valence-corrected chi connectivity index (χ4v) is 1.26. The van der Waals surface area contributed by atoms with E-state index in [0.29, 0.717) is 39.5 Å². The van der Waals surface area contributed by atoms with Gasteiger partial charge in [0.25, 0.3) is 0 Å². The van der Waals surface area contributed by atoms with Crippen molar-refractivity contribution in [1.29, 1.82) is 0 Å². The zero-order chi connectivity index (χ0) is 12.4. The largest absolute Gasteiger partial charge is 1.00 e. The zero-order valence-electron chi connectivity index (χ0n) is 10.9. The van der Waals surface area contributed by atoms with E-state index in [2.05, 4.69) is 0 Å². The van der Waals surface area contributed by atoms with Crippen molar-refractivity contribution in [1.82, 2.24) is 4.90 Å². The molecule has 0 atom stereocenters. The van der Waals surface area contributed by atoms with Gasteiger partial charge in [-0.15, -0.1) is 0 Å². The topological polar surface area (TPSA) is 21.7 Å². The third-order valence-corrected chi connectivity index (χ3v) is 1.98. The van der Waals surface area contributed by atoms with Crippen LogP contribution in [-0.2, 0) is 9.47 Å². The van der Waals surface area contributed by atoms with Gasteiger partial charge in [0.15, 0.2) is 0 Å². The monoisotopic (exact) mass is 281 g/mol. The van der Waals surface area contributed by atoms with Gasteiger partial charge >= 0.3 is 58.4 Å². The van der Waals surface area contributed by atoms with Crippen molar-refractivity contribution in [3.8, 4) is 0 Å². The van der Waals surface area contributed by atoms with Crippen LogP contribution in [0.4, 0.5) is 12.9 Å². The van der Waals surface area contributed by atoms with E-state index in [1.807, 2.05) is 13.8 Å². The number of hydrogen-bond acceptors (Lipinski definition) is 3. The van der Waals surface area contributed by atoms with Gasteiger partial charge in [0.2, 0.25) is 0 Å². The average molecular weight is 281 g/mol. The van der Waals surface area contributed by atoms with Gasteiger partial charge < -0.3 is 27.3 Å². The first-order chi connectivity index (χ1) is 7.49. The molecule has 0 fully saturated rings. The maximum Gasteiger partial charge on any atom is 1.00 e. The predicted octanol–water partition coefficient (Wildman–Crippen LogP) is -1.25.